The molecule has 5 nitrogen and oxygen atoms in total. The molecule has 2 aromatic rings. The third-order valence-corrected chi connectivity index (χ3v) is 3.95. The maximum Gasteiger partial charge on any atom is 0.259 e. The van der Waals surface area contributed by atoms with E-state index in [1.807, 2.05) is 31.2 Å². The van der Waals surface area contributed by atoms with Crippen molar-refractivity contribution in [2.45, 2.75) is 33.1 Å². The first kappa shape index (κ1) is 15.4. The van der Waals surface area contributed by atoms with E-state index in [2.05, 4.69) is 27.8 Å². The molecule has 21 heavy (non-hydrogen) atoms. The van der Waals surface area contributed by atoms with Crippen LogP contribution in [-0.4, -0.2) is 23.1 Å². The summed E-state index contributed by atoms with van der Waals surface area (Å²) in [6.45, 7) is 4.23. The van der Waals surface area contributed by atoms with Crippen LogP contribution in [0.25, 0.3) is 10.2 Å². The summed E-state index contributed by atoms with van der Waals surface area (Å²) in [5.41, 5.74) is 4.45. The van der Waals surface area contributed by atoms with Gasteiger partial charge in [0, 0.05) is 5.71 Å². The molecule has 0 atom stereocenters. The zero-order chi connectivity index (χ0) is 15.1. The molecule has 0 aliphatic rings. The fourth-order valence-electron chi connectivity index (χ4n) is 1.79. The summed E-state index contributed by atoms with van der Waals surface area (Å²) in [6.07, 6.45) is 3.14. The Morgan fingerprint density at radius 3 is 2.95 bits per heavy atom. The van der Waals surface area contributed by atoms with Crippen LogP contribution >= 0.6 is 11.3 Å². The van der Waals surface area contributed by atoms with Crippen molar-refractivity contribution in [1.82, 2.24) is 10.4 Å². The number of carbonyl (C=O) groups is 1. The van der Waals surface area contributed by atoms with Gasteiger partial charge in [-0.3, -0.25) is 4.79 Å². The summed E-state index contributed by atoms with van der Waals surface area (Å²) in [7, 11) is 0. The topological polar surface area (TPSA) is 66.4 Å². The number of rotatable bonds is 7. The molecule has 6 heteroatoms. The summed E-state index contributed by atoms with van der Waals surface area (Å²) in [6, 6.07) is 7.90. The Labute approximate surface area is 128 Å². The lowest BCUT2D eigenvalue weighted by molar-refractivity contribution is -0.119. The van der Waals surface area contributed by atoms with Gasteiger partial charge >= 0.3 is 0 Å². The number of amides is 1. The van der Waals surface area contributed by atoms with E-state index in [0.29, 0.717) is 0 Å². The molecule has 0 unspecified atom stereocenters. The maximum atomic E-state index is 11.7. The summed E-state index contributed by atoms with van der Waals surface area (Å²) < 4.78 is 1.11. The zero-order valence-electron chi connectivity index (χ0n) is 12.3. The predicted molar refractivity (Wildman–Crippen MR) is 88.9 cm³/mol. The van der Waals surface area contributed by atoms with Gasteiger partial charge in [0.05, 0.1) is 16.8 Å². The van der Waals surface area contributed by atoms with Crippen LogP contribution in [-0.2, 0) is 4.79 Å². The lowest BCUT2D eigenvalue weighted by Crippen LogP contribution is -2.26. The number of fused-ring (bicyclic) bond motifs is 1. The van der Waals surface area contributed by atoms with Crippen molar-refractivity contribution >= 4 is 38.3 Å². The van der Waals surface area contributed by atoms with Crippen molar-refractivity contribution in [3.05, 3.63) is 24.3 Å². The number of para-hydroxylation sites is 1. The molecular weight excluding hydrogens is 284 g/mol. The number of unbranched alkanes of at least 4 members (excludes halogenated alkanes) is 1. The Kier molecular flexibility index (Phi) is 5.68. The van der Waals surface area contributed by atoms with Gasteiger partial charge in [-0.25, -0.2) is 10.4 Å². The fraction of sp³-hybridized carbons (Fsp3) is 0.400. The summed E-state index contributed by atoms with van der Waals surface area (Å²) in [5.74, 6) is -0.162. The number of hydrazone groups is 1. The van der Waals surface area contributed by atoms with Crippen LogP contribution in [0.1, 0.15) is 33.1 Å². The summed E-state index contributed by atoms with van der Waals surface area (Å²) in [5, 5.41) is 7.85. The van der Waals surface area contributed by atoms with Crippen LogP contribution in [0.15, 0.2) is 29.4 Å². The molecule has 1 amide bonds. The molecule has 0 saturated heterocycles. The molecule has 1 heterocycles. The molecule has 0 fully saturated rings. The summed E-state index contributed by atoms with van der Waals surface area (Å²) in [4.78, 5) is 16.1. The van der Waals surface area contributed by atoms with E-state index in [-0.39, 0.29) is 12.5 Å². The van der Waals surface area contributed by atoms with Gasteiger partial charge in [-0.05, 0) is 31.9 Å². The maximum absolute atomic E-state index is 11.7. The molecule has 0 spiro atoms. The normalized spacial score (nSPS) is 11.6. The van der Waals surface area contributed by atoms with E-state index in [0.717, 1.165) is 40.3 Å². The van der Waals surface area contributed by atoms with Crippen LogP contribution < -0.4 is 10.7 Å². The monoisotopic (exact) mass is 304 g/mol. The lowest BCUT2D eigenvalue weighted by Gasteiger charge is -2.03. The lowest BCUT2D eigenvalue weighted by atomic mass is 10.2. The van der Waals surface area contributed by atoms with Gasteiger partial charge in [-0.15, -0.1) is 0 Å². The van der Waals surface area contributed by atoms with Crippen molar-refractivity contribution in [3.8, 4) is 0 Å². The van der Waals surface area contributed by atoms with E-state index in [4.69, 9.17) is 0 Å². The molecular formula is C15H20N4OS. The van der Waals surface area contributed by atoms with E-state index in [1.165, 1.54) is 11.3 Å². The molecule has 1 aromatic heterocycles. The average Bonchev–Trinajstić information content (AvgIpc) is 2.91. The number of hydrogen-bond acceptors (Lipinski definition) is 5. The third-order valence-electron chi connectivity index (χ3n) is 2.96. The second kappa shape index (κ2) is 7.73. The number of nitrogens with zero attached hydrogens (tertiary/aromatic N) is 2. The second-order valence-corrected chi connectivity index (χ2v) is 5.86. The van der Waals surface area contributed by atoms with Crippen LogP contribution in [0.4, 0.5) is 5.13 Å². The number of carbonyl (C=O) groups excluding carboxylic acids is 1. The first-order valence-electron chi connectivity index (χ1n) is 7.10. The number of thiazole rings is 1. The number of aromatic nitrogens is 1. The second-order valence-electron chi connectivity index (χ2n) is 4.83. The van der Waals surface area contributed by atoms with Gasteiger partial charge in [0.2, 0.25) is 0 Å². The van der Waals surface area contributed by atoms with E-state index in [1.54, 1.807) is 0 Å². The molecule has 0 aliphatic carbocycles. The highest BCUT2D eigenvalue weighted by Crippen LogP contribution is 2.24. The Morgan fingerprint density at radius 2 is 2.19 bits per heavy atom. The van der Waals surface area contributed by atoms with Gasteiger partial charge in [0.15, 0.2) is 5.13 Å². The Balaban J connectivity index is 1.81. The number of anilines is 1. The van der Waals surface area contributed by atoms with Gasteiger partial charge in [-0.2, -0.15) is 5.10 Å². The van der Waals surface area contributed by atoms with Gasteiger partial charge in [0.25, 0.3) is 5.91 Å². The number of benzene rings is 1. The molecule has 0 aliphatic heterocycles. The molecule has 2 rings (SSSR count). The van der Waals surface area contributed by atoms with Crippen molar-refractivity contribution in [1.29, 1.82) is 0 Å². The predicted octanol–water partition coefficient (Wildman–Crippen LogP) is 3.39. The van der Waals surface area contributed by atoms with E-state index in [9.17, 15) is 4.79 Å². The third kappa shape index (κ3) is 4.82. The average molecular weight is 304 g/mol. The van der Waals surface area contributed by atoms with E-state index >= 15 is 0 Å². The van der Waals surface area contributed by atoms with Crippen LogP contribution in [0.2, 0.25) is 0 Å². The highest BCUT2D eigenvalue weighted by Gasteiger charge is 2.05. The van der Waals surface area contributed by atoms with Crippen molar-refractivity contribution in [2.75, 3.05) is 11.9 Å². The first-order valence-corrected chi connectivity index (χ1v) is 7.92. The van der Waals surface area contributed by atoms with Gasteiger partial charge in [0.1, 0.15) is 0 Å². The van der Waals surface area contributed by atoms with Crippen LogP contribution in [0, 0.1) is 0 Å². The van der Waals surface area contributed by atoms with Crippen molar-refractivity contribution in [2.24, 2.45) is 5.10 Å². The van der Waals surface area contributed by atoms with Gasteiger partial charge < -0.3 is 5.32 Å². The summed E-state index contributed by atoms with van der Waals surface area (Å²) >= 11 is 1.54. The Morgan fingerprint density at radius 1 is 1.38 bits per heavy atom. The highest BCUT2D eigenvalue weighted by atomic mass is 32.1. The van der Waals surface area contributed by atoms with Gasteiger partial charge in [-0.1, -0.05) is 36.8 Å². The number of hydrogen-bond donors (Lipinski definition) is 2. The minimum Gasteiger partial charge on any atom is -0.352 e. The molecule has 0 saturated carbocycles. The molecule has 2 N–H and O–H groups in total. The molecule has 1 aromatic carbocycles. The molecule has 0 bridgehead atoms. The SMILES string of the molecule is CCCC/C(C)=N\NC(=O)CNc1nc2ccccc2s1. The van der Waals surface area contributed by atoms with Crippen molar-refractivity contribution in [3.63, 3.8) is 0 Å². The standard InChI is InChI=1S/C15H20N4OS/c1-3-4-7-11(2)18-19-14(20)10-16-15-17-12-8-5-6-9-13(12)21-15/h5-6,8-9H,3-4,7,10H2,1-2H3,(H,16,17)(H,19,20)/b18-11-. The quantitative estimate of drug-likeness (QED) is 0.608. The first-order chi connectivity index (χ1) is 10.2. The Hall–Kier alpha value is -1.95. The smallest absolute Gasteiger partial charge is 0.259 e. The highest BCUT2D eigenvalue weighted by molar-refractivity contribution is 7.22. The minimum absolute atomic E-state index is 0.162. The number of nitrogens with one attached hydrogen (secondary N) is 2. The molecule has 112 valence electrons. The van der Waals surface area contributed by atoms with Crippen molar-refractivity contribution < 1.29 is 4.79 Å². The fourth-order valence-corrected chi connectivity index (χ4v) is 2.65. The van der Waals surface area contributed by atoms with Crippen LogP contribution in [0.3, 0.4) is 0 Å². The van der Waals surface area contributed by atoms with E-state index < -0.39 is 0 Å². The minimum atomic E-state index is -0.162. The Bertz CT molecular complexity index is 602. The van der Waals surface area contributed by atoms with Crippen LogP contribution in [0.5, 0.6) is 0 Å². The molecule has 0 radical (unpaired) electrons. The zero-order valence-corrected chi connectivity index (χ0v) is 13.2. The largest absolute Gasteiger partial charge is 0.352 e.